The van der Waals surface area contributed by atoms with Crippen molar-refractivity contribution in [1.29, 1.82) is 0 Å². The van der Waals surface area contributed by atoms with Gasteiger partial charge in [0.25, 0.3) is 0 Å². The highest BCUT2D eigenvalue weighted by Crippen LogP contribution is 2.46. The summed E-state index contributed by atoms with van der Waals surface area (Å²) in [4.78, 5) is 6.47. The topological polar surface area (TPSA) is 21.7 Å². The molecule has 25 heavy (non-hydrogen) atoms. The Kier molecular flexibility index (Phi) is 5.61. The summed E-state index contributed by atoms with van der Waals surface area (Å²) in [5, 5.41) is 2.33. The minimum Gasteiger partial charge on any atom is -0.389 e. The van der Waals surface area contributed by atoms with Crippen LogP contribution in [0.5, 0.6) is 0 Å². The van der Waals surface area contributed by atoms with Gasteiger partial charge in [0.2, 0.25) is 0 Å². The molecular formula is C21H37NO2Si. The molecule has 1 aromatic rings. The van der Waals surface area contributed by atoms with Gasteiger partial charge in [0, 0.05) is 19.0 Å². The number of hydrogen-bond donors (Lipinski definition) is 0. The third-order valence-electron chi connectivity index (χ3n) is 5.68. The molecule has 142 valence electrons. The number of rotatable bonds is 4. The van der Waals surface area contributed by atoms with Gasteiger partial charge in [-0.05, 0) is 36.0 Å². The molecule has 1 saturated heterocycles. The first-order valence-electron chi connectivity index (χ1n) is 9.43. The van der Waals surface area contributed by atoms with Crippen LogP contribution in [0, 0.1) is 5.41 Å². The van der Waals surface area contributed by atoms with E-state index >= 15 is 0 Å². The zero-order valence-electron chi connectivity index (χ0n) is 17.6. The summed E-state index contributed by atoms with van der Waals surface area (Å²) in [5.41, 5.74) is 1.40. The molecule has 1 aliphatic heterocycles. The van der Waals surface area contributed by atoms with Gasteiger partial charge in [-0.25, -0.2) is 0 Å². The lowest BCUT2D eigenvalue weighted by molar-refractivity contribution is -0.278. The van der Waals surface area contributed by atoms with Crippen LogP contribution in [0.3, 0.4) is 0 Å². The van der Waals surface area contributed by atoms with Crippen molar-refractivity contribution in [2.45, 2.75) is 91.4 Å². The summed E-state index contributed by atoms with van der Waals surface area (Å²) in [6.45, 7) is 21.2. The first-order valence-corrected chi connectivity index (χ1v) is 12.3. The van der Waals surface area contributed by atoms with Gasteiger partial charge in [0.05, 0.1) is 0 Å². The van der Waals surface area contributed by atoms with E-state index in [0.717, 1.165) is 13.0 Å². The van der Waals surface area contributed by atoms with Crippen molar-refractivity contribution in [2.75, 3.05) is 0 Å². The number of hydroxylamine groups is 2. The number of nitrogens with zero attached hydrogens (tertiary/aromatic N) is 1. The molecule has 1 aromatic carbocycles. The first-order chi connectivity index (χ1) is 11.2. The molecule has 0 N–H and O–H groups in total. The van der Waals surface area contributed by atoms with Crippen molar-refractivity contribution in [2.24, 2.45) is 5.41 Å². The zero-order valence-corrected chi connectivity index (χ0v) is 18.6. The highest BCUT2D eigenvalue weighted by atomic mass is 28.4. The van der Waals surface area contributed by atoms with E-state index in [4.69, 9.17) is 9.26 Å². The van der Waals surface area contributed by atoms with Crippen LogP contribution in [-0.4, -0.2) is 25.2 Å². The Morgan fingerprint density at radius 2 is 1.68 bits per heavy atom. The second-order valence-electron chi connectivity index (χ2n) is 10.2. The Hall–Kier alpha value is -0.683. The van der Waals surface area contributed by atoms with E-state index in [0.29, 0.717) is 6.04 Å². The molecular weight excluding hydrogens is 326 g/mol. The quantitative estimate of drug-likeness (QED) is 0.614. The Labute approximate surface area is 155 Å². The van der Waals surface area contributed by atoms with Crippen molar-refractivity contribution in [3.8, 4) is 0 Å². The fourth-order valence-electron chi connectivity index (χ4n) is 3.20. The lowest BCUT2D eigenvalue weighted by Gasteiger charge is -2.41. The van der Waals surface area contributed by atoms with E-state index < -0.39 is 14.1 Å². The Balaban J connectivity index is 2.23. The minimum absolute atomic E-state index is 0.128. The molecule has 2 atom stereocenters. The van der Waals surface area contributed by atoms with Crippen LogP contribution in [0.2, 0.25) is 18.1 Å². The Morgan fingerprint density at radius 1 is 1.12 bits per heavy atom. The zero-order chi connectivity index (χ0) is 19.1. The fourth-order valence-corrected chi connectivity index (χ4v) is 4.71. The molecule has 0 aliphatic carbocycles. The molecule has 0 spiro atoms. The predicted octanol–water partition coefficient (Wildman–Crippen LogP) is 5.98. The van der Waals surface area contributed by atoms with Crippen LogP contribution in [0.4, 0.5) is 0 Å². The number of hydrogen-bond acceptors (Lipinski definition) is 3. The van der Waals surface area contributed by atoms with E-state index in [2.05, 4.69) is 97.0 Å². The van der Waals surface area contributed by atoms with Crippen molar-refractivity contribution < 1.29 is 9.26 Å². The largest absolute Gasteiger partial charge is 0.389 e. The van der Waals surface area contributed by atoms with Crippen LogP contribution >= 0.6 is 0 Å². The molecule has 3 nitrogen and oxygen atoms in total. The predicted molar refractivity (Wildman–Crippen MR) is 108 cm³/mol. The van der Waals surface area contributed by atoms with Gasteiger partial charge in [-0.3, -0.25) is 4.84 Å². The molecule has 0 unspecified atom stereocenters. The van der Waals surface area contributed by atoms with Crippen molar-refractivity contribution in [3.05, 3.63) is 35.9 Å². The fraction of sp³-hybridized carbons (Fsp3) is 0.714. The van der Waals surface area contributed by atoms with Crippen molar-refractivity contribution in [3.63, 3.8) is 0 Å². The van der Waals surface area contributed by atoms with Crippen LogP contribution in [0.15, 0.2) is 30.3 Å². The van der Waals surface area contributed by atoms with Crippen LogP contribution in [0.25, 0.3) is 0 Å². The molecule has 1 heterocycles. The Bertz CT molecular complexity index is 574. The third-order valence-corrected chi connectivity index (χ3v) is 10.2. The molecule has 0 amide bonds. The van der Waals surface area contributed by atoms with Gasteiger partial charge in [0.15, 0.2) is 14.1 Å². The molecule has 0 radical (unpaired) electrons. The van der Waals surface area contributed by atoms with E-state index in [-0.39, 0.29) is 10.5 Å². The lowest BCUT2D eigenvalue weighted by Crippen LogP contribution is -2.49. The van der Waals surface area contributed by atoms with Crippen LogP contribution < -0.4 is 0 Å². The van der Waals surface area contributed by atoms with Crippen molar-refractivity contribution >= 4 is 8.32 Å². The van der Waals surface area contributed by atoms with Crippen LogP contribution in [-0.2, 0) is 15.8 Å². The molecule has 0 bridgehead atoms. The molecule has 4 heteroatoms. The normalized spacial score (nSPS) is 26.2. The molecule has 1 aliphatic rings. The average molecular weight is 364 g/mol. The molecule has 2 rings (SSSR count). The highest BCUT2D eigenvalue weighted by molar-refractivity contribution is 6.74. The molecule has 0 saturated carbocycles. The highest BCUT2D eigenvalue weighted by Gasteiger charge is 2.52. The Morgan fingerprint density at radius 3 is 2.16 bits per heavy atom. The maximum Gasteiger partial charge on any atom is 0.195 e. The second-order valence-corrected chi connectivity index (χ2v) is 15.0. The van der Waals surface area contributed by atoms with Gasteiger partial charge in [-0.15, -0.1) is 0 Å². The van der Waals surface area contributed by atoms with Gasteiger partial charge < -0.3 is 4.43 Å². The summed E-state index contributed by atoms with van der Waals surface area (Å²) in [5.74, 6) is -0.546. The maximum atomic E-state index is 6.72. The van der Waals surface area contributed by atoms with Crippen LogP contribution in [0.1, 0.15) is 60.5 Å². The molecule has 0 aromatic heterocycles. The summed E-state index contributed by atoms with van der Waals surface area (Å²) < 4.78 is 6.72. The molecule has 1 fully saturated rings. The maximum absolute atomic E-state index is 6.72. The average Bonchev–Trinajstić information content (AvgIpc) is 2.74. The van der Waals surface area contributed by atoms with Crippen molar-refractivity contribution in [1.82, 2.24) is 5.06 Å². The standard InChI is InChI=1S/C21H37NO2Si/c1-19(2,3)18-15-21(7,24-25(8,9)20(4,5)6)23-22(18)16-17-13-11-10-12-14-17/h10-14,18H,15-16H2,1-9H3/t18-,21-/m1/s1. The third kappa shape index (κ3) is 4.94. The monoisotopic (exact) mass is 363 g/mol. The SMILES string of the molecule is CC(C)(C)[C@H]1C[C@@](C)(O[Si](C)(C)C(C)(C)C)ON1Cc1ccccc1. The summed E-state index contributed by atoms with van der Waals surface area (Å²) in [7, 11) is -1.90. The summed E-state index contributed by atoms with van der Waals surface area (Å²) in [6, 6.07) is 10.9. The van der Waals surface area contributed by atoms with E-state index in [1.165, 1.54) is 5.56 Å². The summed E-state index contributed by atoms with van der Waals surface area (Å²) >= 11 is 0. The second kappa shape index (κ2) is 6.80. The van der Waals surface area contributed by atoms with Gasteiger partial charge in [-0.1, -0.05) is 71.9 Å². The lowest BCUT2D eigenvalue weighted by atomic mass is 9.83. The summed E-state index contributed by atoms with van der Waals surface area (Å²) in [6.07, 6.45) is 0.899. The van der Waals surface area contributed by atoms with Gasteiger partial charge in [0.1, 0.15) is 0 Å². The van der Waals surface area contributed by atoms with E-state index in [1.807, 2.05) is 0 Å². The number of benzene rings is 1. The first kappa shape index (κ1) is 20.6. The smallest absolute Gasteiger partial charge is 0.195 e. The van der Waals surface area contributed by atoms with E-state index in [1.54, 1.807) is 0 Å². The van der Waals surface area contributed by atoms with E-state index in [9.17, 15) is 0 Å². The van der Waals surface area contributed by atoms with Gasteiger partial charge >= 0.3 is 0 Å². The van der Waals surface area contributed by atoms with Gasteiger partial charge in [-0.2, -0.15) is 5.06 Å². The minimum atomic E-state index is -1.90.